The summed E-state index contributed by atoms with van der Waals surface area (Å²) in [6, 6.07) is 8.55. The van der Waals surface area contributed by atoms with Crippen molar-refractivity contribution in [2.45, 2.75) is 19.3 Å². The molecule has 0 aliphatic carbocycles. The lowest BCUT2D eigenvalue weighted by Gasteiger charge is -2.14. The maximum Gasteiger partial charge on any atom is 0.0178 e. The zero-order chi connectivity index (χ0) is 9.68. The summed E-state index contributed by atoms with van der Waals surface area (Å²) in [5.41, 5.74) is 1.41. The quantitative estimate of drug-likeness (QED) is 0.855. The molecule has 1 atom stereocenters. The summed E-state index contributed by atoms with van der Waals surface area (Å²) in [5, 5.41) is 3.22. The van der Waals surface area contributed by atoms with Gasteiger partial charge in [-0.3, -0.25) is 0 Å². The van der Waals surface area contributed by atoms with Gasteiger partial charge < -0.3 is 5.32 Å². The molecule has 0 aliphatic rings. The Kier molecular flexibility index (Phi) is 4.46. The molecule has 0 bridgehead atoms. The zero-order valence-corrected chi connectivity index (χ0v) is 9.76. The van der Waals surface area contributed by atoms with Gasteiger partial charge in [-0.25, -0.2) is 0 Å². The predicted molar refractivity (Wildman–Crippen MR) is 61.1 cm³/mol. The lowest BCUT2D eigenvalue weighted by atomic mass is 9.97. The first kappa shape index (κ1) is 10.7. The maximum absolute atomic E-state index is 3.49. The van der Waals surface area contributed by atoms with E-state index in [0.29, 0.717) is 5.92 Å². The third kappa shape index (κ3) is 3.12. The molecule has 0 fully saturated rings. The van der Waals surface area contributed by atoms with Crippen molar-refractivity contribution in [1.29, 1.82) is 0 Å². The van der Waals surface area contributed by atoms with Crippen molar-refractivity contribution in [2.24, 2.45) is 0 Å². The van der Waals surface area contributed by atoms with E-state index in [2.05, 4.69) is 52.4 Å². The average molecular weight is 242 g/mol. The van der Waals surface area contributed by atoms with Crippen LogP contribution in [0.1, 0.15) is 24.8 Å². The molecular formula is C11H16BrN. The Bertz CT molecular complexity index is 260. The van der Waals surface area contributed by atoms with Crippen LogP contribution >= 0.6 is 15.9 Å². The predicted octanol–water partition coefficient (Wildman–Crippen LogP) is 3.16. The van der Waals surface area contributed by atoms with Crippen LogP contribution in [0, 0.1) is 0 Å². The number of rotatable bonds is 4. The van der Waals surface area contributed by atoms with Crippen LogP contribution in [0.3, 0.4) is 0 Å². The highest BCUT2D eigenvalue weighted by atomic mass is 79.9. The van der Waals surface area contributed by atoms with Crippen LogP contribution in [0.2, 0.25) is 0 Å². The summed E-state index contributed by atoms with van der Waals surface area (Å²) < 4.78 is 1.17. The fourth-order valence-electron chi connectivity index (χ4n) is 1.50. The summed E-state index contributed by atoms with van der Waals surface area (Å²) in [6.45, 7) is 3.27. The van der Waals surface area contributed by atoms with Gasteiger partial charge in [0.1, 0.15) is 0 Å². The van der Waals surface area contributed by atoms with Crippen molar-refractivity contribution in [3.05, 3.63) is 34.3 Å². The Balaban J connectivity index is 2.78. The van der Waals surface area contributed by atoms with Crippen LogP contribution in [-0.2, 0) is 0 Å². The second kappa shape index (κ2) is 5.40. The monoisotopic (exact) mass is 241 g/mol. The van der Waals surface area contributed by atoms with Gasteiger partial charge >= 0.3 is 0 Å². The first-order chi connectivity index (χ1) is 6.27. The summed E-state index contributed by atoms with van der Waals surface area (Å²) in [5.74, 6) is 0.627. The van der Waals surface area contributed by atoms with E-state index in [0.717, 1.165) is 6.54 Å². The van der Waals surface area contributed by atoms with E-state index in [1.54, 1.807) is 0 Å². The zero-order valence-electron chi connectivity index (χ0n) is 8.18. The molecule has 0 amide bonds. The number of hydrogen-bond donors (Lipinski definition) is 1. The van der Waals surface area contributed by atoms with Crippen molar-refractivity contribution < 1.29 is 0 Å². The second-order valence-electron chi connectivity index (χ2n) is 3.22. The molecule has 1 unspecified atom stereocenters. The van der Waals surface area contributed by atoms with E-state index in [9.17, 15) is 0 Å². The van der Waals surface area contributed by atoms with Gasteiger partial charge in [-0.05, 0) is 37.1 Å². The molecule has 0 aromatic heterocycles. The molecule has 1 aromatic carbocycles. The highest BCUT2D eigenvalue weighted by molar-refractivity contribution is 9.10. The van der Waals surface area contributed by atoms with Gasteiger partial charge in [0, 0.05) is 11.0 Å². The Labute approximate surface area is 88.7 Å². The van der Waals surface area contributed by atoms with E-state index >= 15 is 0 Å². The van der Waals surface area contributed by atoms with Crippen molar-refractivity contribution >= 4 is 15.9 Å². The van der Waals surface area contributed by atoms with E-state index in [1.165, 1.54) is 16.5 Å². The van der Waals surface area contributed by atoms with Gasteiger partial charge in [-0.15, -0.1) is 0 Å². The first-order valence-corrected chi connectivity index (χ1v) is 5.47. The Morgan fingerprint density at radius 1 is 1.46 bits per heavy atom. The molecule has 1 rings (SSSR count). The average Bonchev–Trinajstić information content (AvgIpc) is 2.14. The lowest BCUT2D eigenvalue weighted by Crippen LogP contribution is -2.16. The summed E-state index contributed by atoms with van der Waals surface area (Å²) in [4.78, 5) is 0. The minimum absolute atomic E-state index is 0.627. The van der Waals surface area contributed by atoms with Gasteiger partial charge in [-0.1, -0.05) is 35.0 Å². The number of halogens is 1. The van der Waals surface area contributed by atoms with E-state index < -0.39 is 0 Å². The number of nitrogens with one attached hydrogen (secondary N) is 1. The molecule has 0 saturated carbocycles. The standard InChI is InChI=1S/C11H16BrN/c1-3-9(8-13-2)10-5-4-6-11(12)7-10/h4-7,9,13H,3,8H2,1-2H3. The van der Waals surface area contributed by atoms with Crippen LogP contribution in [0.15, 0.2) is 28.7 Å². The Hall–Kier alpha value is -0.340. The van der Waals surface area contributed by atoms with Crippen LogP contribution in [-0.4, -0.2) is 13.6 Å². The van der Waals surface area contributed by atoms with Crippen LogP contribution < -0.4 is 5.32 Å². The van der Waals surface area contributed by atoms with Gasteiger partial charge in [0.05, 0.1) is 0 Å². The fourth-order valence-corrected chi connectivity index (χ4v) is 1.92. The molecule has 72 valence electrons. The van der Waals surface area contributed by atoms with E-state index in [-0.39, 0.29) is 0 Å². The molecule has 0 radical (unpaired) electrons. The number of hydrogen-bond acceptors (Lipinski definition) is 1. The lowest BCUT2D eigenvalue weighted by molar-refractivity contribution is 0.611. The molecule has 13 heavy (non-hydrogen) atoms. The largest absolute Gasteiger partial charge is 0.319 e. The topological polar surface area (TPSA) is 12.0 Å². The molecule has 0 saturated heterocycles. The molecule has 1 aromatic rings. The summed E-state index contributed by atoms with van der Waals surface area (Å²) in [6.07, 6.45) is 1.18. The highest BCUT2D eigenvalue weighted by Crippen LogP contribution is 2.21. The molecule has 0 spiro atoms. The minimum Gasteiger partial charge on any atom is -0.319 e. The number of likely N-dealkylation sites (N-methyl/N-ethyl adjacent to an activating group) is 1. The molecule has 0 heterocycles. The van der Waals surface area contributed by atoms with Crippen LogP contribution in [0.25, 0.3) is 0 Å². The van der Waals surface area contributed by atoms with Crippen LogP contribution in [0.5, 0.6) is 0 Å². The molecule has 0 aliphatic heterocycles. The minimum atomic E-state index is 0.627. The van der Waals surface area contributed by atoms with Gasteiger partial charge in [-0.2, -0.15) is 0 Å². The van der Waals surface area contributed by atoms with Crippen molar-refractivity contribution in [1.82, 2.24) is 5.32 Å². The van der Waals surface area contributed by atoms with Crippen LogP contribution in [0.4, 0.5) is 0 Å². The summed E-state index contributed by atoms with van der Waals surface area (Å²) in [7, 11) is 2.00. The Morgan fingerprint density at radius 3 is 2.77 bits per heavy atom. The molecule has 1 N–H and O–H groups in total. The van der Waals surface area contributed by atoms with Crippen molar-refractivity contribution in [3.63, 3.8) is 0 Å². The van der Waals surface area contributed by atoms with E-state index in [1.807, 2.05) is 7.05 Å². The molecule has 2 heteroatoms. The smallest absolute Gasteiger partial charge is 0.0178 e. The van der Waals surface area contributed by atoms with Crippen molar-refractivity contribution in [3.8, 4) is 0 Å². The van der Waals surface area contributed by atoms with Gasteiger partial charge in [0.2, 0.25) is 0 Å². The second-order valence-corrected chi connectivity index (χ2v) is 4.13. The third-order valence-corrected chi connectivity index (χ3v) is 2.76. The number of benzene rings is 1. The van der Waals surface area contributed by atoms with E-state index in [4.69, 9.17) is 0 Å². The van der Waals surface area contributed by atoms with Gasteiger partial charge in [0.25, 0.3) is 0 Å². The normalized spacial score (nSPS) is 12.8. The third-order valence-electron chi connectivity index (χ3n) is 2.26. The maximum atomic E-state index is 3.49. The highest BCUT2D eigenvalue weighted by Gasteiger charge is 2.07. The first-order valence-electron chi connectivity index (χ1n) is 4.68. The van der Waals surface area contributed by atoms with Gasteiger partial charge in [0.15, 0.2) is 0 Å². The van der Waals surface area contributed by atoms with Crippen molar-refractivity contribution in [2.75, 3.05) is 13.6 Å². The summed E-state index contributed by atoms with van der Waals surface area (Å²) >= 11 is 3.49. The SMILES string of the molecule is CCC(CNC)c1cccc(Br)c1. The Morgan fingerprint density at radius 2 is 2.23 bits per heavy atom. The fraction of sp³-hybridized carbons (Fsp3) is 0.455. The molecule has 1 nitrogen and oxygen atoms in total. The molecular weight excluding hydrogens is 226 g/mol.